The Bertz CT molecular complexity index is 200. The molecule has 0 saturated heterocycles. The third kappa shape index (κ3) is 8.48. The quantitative estimate of drug-likeness (QED) is 0.625. The number of alkyl halides is 1. The Morgan fingerprint density at radius 3 is 2.12 bits per heavy atom. The molecule has 1 atom stereocenters. The molecule has 0 aromatic heterocycles. The molecular formula is C14H28ClNO. The molecule has 0 aromatic carbocycles. The van der Waals surface area contributed by atoms with Crippen molar-refractivity contribution in [2.24, 2.45) is 11.8 Å². The standard InChI is InChI=1S/C14H28ClNO/c1-5-7-12(8-6-2)14(17)16-10-13(15)9-11(3)4/h11-13H,5-10H2,1-4H3,(H,16,17). The molecule has 0 spiro atoms. The second kappa shape index (κ2) is 9.76. The minimum atomic E-state index is 0.0582. The van der Waals surface area contributed by atoms with Gasteiger partial charge in [0.1, 0.15) is 0 Å². The maximum absolute atomic E-state index is 11.9. The molecule has 0 fully saturated rings. The van der Waals surface area contributed by atoms with E-state index >= 15 is 0 Å². The van der Waals surface area contributed by atoms with Gasteiger partial charge in [-0.15, -0.1) is 11.6 Å². The highest BCUT2D eigenvalue weighted by Gasteiger charge is 2.17. The van der Waals surface area contributed by atoms with Crippen LogP contribution in [0.5, 0.6) is 0 Å². The minimum absolute atomic E-state index is 0.0582. The van der Waals surface area contributed by atoms with Crippen LogP contribution in [0.1, 0.15) is 59.8 Å². The first-order valence-corrected chi connectivity index (χ1v) is 7.36. The number of hydrogen-bond donors (Lipinski definition) is 1. The monoisotopic (exact) mass is 261 g/mol. The van der Waals surface area contributed by atoms with Gasteiger partial charge in [-0.25, -0.2) is 0 Å². The van der Waals surface area contributed by atoms with Crippen molar-refractivity contribution in [3.8, 4) is 0 Å². The summed E-state index contributed by atoms with van der Waals surface area (Å²) < 4.78 is 0. The molecule has 0 aromatic rings. The Kier molecular flexibility index (Phi) is 9.62. The van der Waals surface area contributed by atoms with Crippen LogP contribution in [-0.4, -0.2) is 17.8 Å². The molecule has 1 amide bonds. The lowest BCUT2D eigenvalue weighted by molar-refractivity contribution is -0.125. The lowest BCUT2D eigenvalue weighted by Gasteiger charge is -2.17. The van der Waals surface area contributed by atoms with Gasteiger partial charge >= 0.3 is 0 Å². The van der Waals surface area contributed by atoms with E-state index in [2.05, 4.69) is 33.0 Å². The molecule has 0 bridgehead atoms. The number of carbonyl (C=O) groups excluding carboxylic acids is 1. The minimum Gasteiger partial charge on any atom is -0.354 e. The van der Waals surface area contributed by atoms with Crippen LogP contribution in [0.15, 0.2) is 0 Å². The summed E-state index contributed by atoms with van der Waals surface area (Å²) in [6.07, 6.45) is 5.05. The van der Waals surface area contributed by atoms with Crippen LogP contribution in [0.4, 0.5) is 0 Å². The van der Waals surface area contributed by atoms with Crippen molar-refractivity contribution in [1.29, 1.82) is 0 Å². The van der Waals surface area contributed by atoms with Gasteiger partial charge in [-0.2, -0.15) is 0 Å². The zero-order valence-electron chi connectivity index (χ0n) is 11.8. The van der Waals surface area contributed by atoms with E-state index in [9.17, 15) is 4.79 Å². The highest BCUT2D eigenvalue weighted by molar-refractivity contribution is 6.20. The lowest BCUT2D eigenvalue weighted by atomic mass is 9.97. The van der Waals surface area contributed by atoms with Crippen molar-refractivity contribution < 1.29 is 4.79 Å². The van der Waals surface area contributed by atoms with E-state index in [4.69, 9.17) is 11.6 Å². The highest BCUT2D eigenvalue weighted by Crippen LogP contribution is 2.14. The van der Waals surface area contributed by atoms with Gasteiger partial charge in [0.05, 0.1) is 5.38 Å². The molecule has 0 radical (unpaired) electrons. The third-order valence-corrected chi connectivity index (χ3v) is 3.20. The smallest absolute Gasteiger partial charge is 0.223 e. The number of nitrogens with one attached hydrogen (secondary N) is 1. The maximum Gasteiger partial charge on any atom is 0.223 e. The Morgan fingerprint density at radius 2 is 1.71 bits per heavy atom. The fourth-order valence-corrected chi connectivity index (χ4v) is 2.49. The number of halogens is 1. The number of amides is 1. The molecule has 0 rings (SSSR count). The molecule has 3 heteroatoms. The second-order valence-electron chi connectivity index (χ2n) is 5.25. The number of rotatable bonds is 9. The van der Waals surface area contributed by atoms with E-state index in [0.717, 1.165) is 32.1 Å². The Morgan fingerprint density at radius 1 is 1.18 bits per heavy atom. The van der Waals surface area contributed by atoms with Crippen LogP contribution in [0.25, 0.3) is 0 Å². The second-order valence-corrected chi connectivity index (χ2v) is 5.86. The molecule has 0 aliphatic rings. The Labute approximate surface area is 111 Å². The molecule has 1 unspecified atom stereocenters. The van der Waals surface area contributed by atoms with Crippen molar-refractivity contribution in [2.45, 2.75) is 65.2 Å². The molecule has 0 aliphatic carbocycles. The van der Waals surface area contributed by atoms with E-state index in [1.165, 1.54) is 0 Å². The van der Waals surface area contributed by atoms with Gasteiger partial charge in [-0.1, -0.05) is 40.5 Å². The van der Waals surface area contributed by atoms with Gasteiger partial charge in [-0.05, 0) is 25.2 Å². The summed E-state index contributed by atoms with van der Waals surface area (Å²) in [6.45, 7) is 9.14. The largest absolute Gasteiger partial charge is 0.354 e. The topological polar surface area (TPSA) is 29.1 Å². The third-order valence-electron chi connectivity index (χ3n) is 2.87. The average Bonchev–Trinajstić information content (AvgIpc) is 2.24. The summed E-state index contributed by atoms with van der Waals surface area (Å²) in [5, 5.41) is 3.04. The number of carbonyl (C=O) groups is 1. The van der Waals surface area contributed by atoms with Crippen LogP contribution in [0.3, 0.4) is 0 Å². The van der Waals surface area contributed by atoms with Crippen molar-refractivity contribution in [1.82, 2.24) is 5.32 Å². The number of hydrogen-bond acceptors (Lipinski definition) is 1. The van der Waals surface area contributed by atoms with E-state index < -0.39 is 0 Å². The predicted molar refractivity (Wildman–Crippen MR) is 75.4 cm³/mol. The zero-order chi connectivity index (χ0) is 13.3. The summed E-state index contributed by atoms with van der Waals surface area (Å²) in [4.78, 5) is 11.9. The fourth-order valence-electron chi connectivity index (χ4n) is 2.05. The molecule has 1 N–H and O–H groups in total. The van der Waals surface area contributed by atoms with Crippen molar-refractivity contribution in [2.75, 3.05) is 6.54 Å². The van der Waals surface area contributed by atoms with Gasteiger partial charge in [0, 0.05) is 12.5 Å². The Hall–Kier alpha value is -0.240. The van der Waals surface area contributed by atoms with Gasteiger partial charge in [0.15, 0.2) is 0 Å². The maximum atomic E-state index is 11.9. The van der Waals surface area contributed by atoms with Crippen LogP contribution in [0.2, 0.25) is 0 Å². The first-order valence-electron chi connectivity index (χ1n) is 6.92. The SMILES string of the molecule is CCCC(CCC)C(=O)NCC(Cl)CC(C)C. The molecule has 0 saturated carbocycles. The summed E-state index contributed by atoms with van der Waals surface area (Å²) in [5.41, 5.74) is 0. The first-order chi connectivity index (χ1) is 8.01. The van der Waals surface area contributed by atoms with Gasteiger partial charge in [0.25, 0.3) is 0 Å². The normalized spacial score (nSPS) is 13.1. The van der Waals surface area contributed by atoms with Crippen LogP contribution in [0, 0.1) is 11.8 Å². The fraction of sp³-hybridized carbons (Fsp3) is 0.929. The average molecular weight is 262 g/mol. The summed E-state index contributed by atoms with van der Waals surface area (Å²) in [6, 6.07) is 0. The van der Waals surface area contributed by atoms with Crippen LogP contribution >= 0.6 is 11.6 Å². The summed E-state index contributed by atoms with van der Waals surface area (Å²) in [5.74, 6) is 0.938. The molecule has 0 aliphatic heterocycles. The zero-order valence-corrected chi connectivity index (χ0v) is 12.5. The summed E-state index contributed by atoms with van der Waals surface area (Å²) in [7, 11) is 0. The van der Waals surface area contributed by atoms with Crippen LogP contribution in [-0.2, 0) is 4.79 Å². The van der Waals surface area contributed by atoms with Crippen molar-refractivity contribution in [3.05, 3.63) is 0 Å². The van der Waals surface area contributed by atoms with E-state index in [1.54, 1.807) is 0 Å². The Balaban J connectivity index is 3.95. The molecule has 2 nitrogen and oxygen atoms in total. The lowest BCUT2D eigenvalue weighted by Crippen LogP contribution is -2.35. The van der Waals surface area contributed by atoms with Crippen molar-refractivity contribution >= 4 is 17.5 Å². The van der Waals surface area contributed by atoms with E-state index in [1.807, 2.05) is 0 Å². The van der Waals surface area contributed by atoms with E-state index in [-0.39, 0.29) is 17.2 Å². The first kappa shape index (κ1) is 16.8. The van der Waals surface area contributed by atoms with Crippen molar-refractivity contribution in [3.63, 3.8) is 0 Å². The predicted octanol–water partition coefficient (Wildman–Crippen LogP) is 3.97. The highest BCUT2D eigenvalue weighted by atomic mass is 35.5. The van der Waals surface area contributed by atoms with Gasteiger partial charge in [-0.3, -0.25) is 4.79 Å². The van der Waals surface area contributed by atoms with Crippen LogP contribution < -0.4 is 5.32 Å². The molecule has 17 heavy (non-hydrogen) atoms. The van der Waals surface area contributed by atoms with E-state index in [0.29, 0.717) is 12.5 Å². The molecule has 102 valence electrons. The molecule has 0 heterocycles. The van der Waals surface area contributed by atoms with Gasteiger partial charge in [0.2, 0.25) is 5.91 Å². The van der Waals surface area contributed by atoms with Gasteiger partial charge < -0.3 is 5.32 Å². The summed E-state index contributed by atoms with van der Waals surface area (Å²) >= 11 is 6.16. The molecular weight excluding hydrogens is 234 g/mol.